The zero-order chi connectivity index (χ0) is 9.03. The van der Waals surface area contributed by atoms with Crippen LogP contribution >= 0.6 is 0 Å². The Morgan fingerprint density at radius 2 is 1.75 bits per heavy atom. The highest BCUT2D eigenvalue weighted by molar-refractivity contribution is 5.54. The molecule has 64 valence electrons. The highest BCUT2D eigenvalue weighted by Gasteiger charge is 2.16. The Balaban J connectivity index is 2.97. The van der Waals surface area contributed by atoms with E-state index in [9.17, 15) is 0 Å². The highest BCUT2D eigenvalue weighted by Crippen LogP contribution is 2.23. The van der Waals surface area contributed by atoms with E-state index in [4.69, 9.17) is 0 Å². The number of benzene rings is 1. The Labute approximate surface area is 74.2 Å². The van der Waals surface area contributed by atoms with Crippen molar-refractivity contribution in [1.29, 1.82) is 0 Å². The Bertz CT molecular complexity index is 260. The van der Waals surface area contributed by atoms with Gasteiger partial charge in [-0.2, -0.15) is 0 Å². The Kier molecular flexibility index (Phi) is 2.64. The summed E-state index contributed by atoms with van der Waals surface area (Å²) in [5.74, 6) is 0. The third-order valence-corrected chi connectivity index (χ3v) is 1.93. The van der Waals surface area contributed by atoms with E-state index in [0.717, 1.165) is 0 Å². The molecule has 0 amide bonds. The summed E-state index contributed by atoms with van der Waals surface area (Å²) < 4.78 is 0. The minimum absolute atomic E-state index is 0.0873. The maximum absolute atomic E-state index is 4.40. The Morgan fingerprint density at radius 3 is 2.25 bits per heavy atom. The van der Waals surface area contributed by atoms with Gasteiger partial charge in [-0.25, -0.2) is 0 Å². The van der Waals surface area contributed by atoms with Gasteiger partial charge in [0.25, 0.3) is 0 Å². The fraction of sp³-hybridized carbons (Fsp3) is 0.364. The molecule has 1 nitrogen and oxygen atoms in total. The molecule has 0 bridgehead atoms. The lowest BCUT2D eigenvalue weighted by molar-refractivity contribution is 0.561. The maximum atomic E-state index is 4.40. The molecule has 0 spiro atoms. The summed E-state index contributed by atoms with van der Waals surface area (Å²) in [6.07, 6.45) is 1.85. The molecule has 0 fully saturated rings. The minimum atomic E-state index is -0.0873. The van der Waals surface area contributed by atoms with Crippen LogP contribution in [0.3, 0.4) is 0 Å². The molecular weight excluding hydrogens is 146 g/mol. The van der Waals surface area contributed by atoms with Gasteiger partial charge in [0.05, 0.1) is 5.54 Å². The van der Waals surface area contributed by atoms with Gasteiger partial charge in [0.15, 0.2) is 0 Å². The lowest BCUT2D eigenvalue weighted by atomic mass is 9.95. The van der Waals surface area contributed by atoms with Crippen LogP contribution in [0.5, 0.6) is 0 Å². The van der Waals surface area contributed by atoms with E-state index >= 15 is 0 Å². The zero-order valence-electron chi connectivity index (χ0n) is 7.91. The fourth-order valence-corrected chi connectivity index (χ4v) is 1.24. The average Bonchev–Trinajstić information content (AvgIpc) is 2.06. The van der Waals surface area contributed by atoms with Crippen molar-refractivity contribution in [2.24, 2.45) is 4.99 Å². The molecule has 0 aliphatic carbocycles. The molecule has 0 atom stereocenters. The fourth-order valence-electron chi connectivity index (χ4n) is 1.24. The topological polar surface area (TPSA) is 12.4 Å². The van der Waals surface area contributed by atoms with Crippen LogP contribution < -0.4 is 0 Å². The first-order chi connectivity index (χ1) is 5.67. The third-order valence-electron chi connectivity index (χ3n) is 1.93. The maximum Gasteiger partial charge on any atom is 0.0796 e. The van der Waals surface area contributed by atoms with Crippen LogP contribution in [0.15, 0.2) is 35.3 Å². The number of aliphatic imine (C=N–C) groups is 1. The van der Waals surface area contributed by atoms with E-state index in [0.29, 0.717) is 0 Å². The molecule has 0 N–H and O–H groups in total. The largest absolute Gasteiger partial charge is 0.287 e. The van der Waals surface area contributed by atoms with Gasteiger partial charge in [0, 0.05) is 0 Å². The van der Waals surface area contributed by atoms with Crippen LogP contribution in [-0.4, -0.2) is 6.21 Å². The van der Waals surface area contributed by atoms with Crippen molar-refractivity contribution in [3.63, 3.8) is 0 Å². The SMILES string of the molecule is CC=NC(C)(C)c1ccccc1. The van der Waals surface area contributed by atoms with E-state index in [-0.39, 0.29) is 5.54 Å². The summed E-state index contributed by atoms with van der Waals surface area (Å²) in [6, 6.07) is 10.3. The molecule has 0 radical (unpaired) electrons. The lowest BCUT2D eigenvalue weighted by Crippen LogP contribution is -2.13. The van der Waals surface area contributed by atoms with Gasteiger partial charge in [0.1, 0.15) is 0 Å². The minimum Gasteiger partial charge on any atom is -0.287 e. The van der Waals surface area contributed by atoms with E-state index in [1.54, 1.807) is 0 Å². The number of nitrogens with zero attached hydrogens (tertiary/aromatic N) is 1. The molecule has 0 saturated heterocycles. The second kappa shape index (κ2) is 3.53. The molecule has 1 aromatic rings. The molecule has 0 aliphatic heterocycles. The summed E-state index contributed by atoms with van der Waals surface area (Å²) in [4.78, 5) is 4.40. The Morgan fingerprint density at radius 1 is 1.17 bits per heavy atom. The van der Waals surface area contributed by atoms with Crippen molar-refractivity contribution in [3.8, 4) is 0 Å². The van der Waals surface area contributed by atoms with E-state index in [2.05, 4.69) is 31.0 Å². The van der Waals surface area contributed by atoms with E-state index in [1.165, 1.54) is 5.56 Å². The molecular formula is C11H15N. The second-order valence-corrected chi connectivity index (χ2v) is 3.31. The van der Waals surface area contributed by atoms with E-state index < -0.39 is 0 Å². The van der Waals surface area contributed by atoms with Crippen LogP contribution in [0.25, 0.3) is 0 Å². The molecule has 0 aromatic heterocycles. The van der Waals surface area contributed by atoms with Crippen LogP contribution in [0.4, 0.5) is 0 Å². The van der Waals surface area contributed by atoms with Crippen LogP contribution in [0, 0.1) is 0 Å². The van der Waals surface area contributed by atoms with Crippen LogP contribution in [-0.2, 0) is 5.54 Å². The average molecular weight is 161 g/mol. The molecule has 1 heteroatoms. The normalized spacial score (nSPS) is 12.2. The molecule has 0 saturated carbocycles. The summed E-state index contributed by atoms with van der Waals surface area (Å²) in [5.41, 5.74) is 1.17. The van der Waals surface area contributed by atoms with Crippen molar-refractivity contribution in [3.05, 3.63) is 35.9 Å². The van der Waals surface area contributed by atoms with Gasteiger partial charge >= 0.3 is 0 Å². The van der Waals surface area contributed by atoms with Gasteiger partial charge in [0.2, 0.25) is 0 Å². The van der Waals surface area contributed by atoms with Crippen molar-refractivity contribution in [1.82, 2.24) is 0 Å². The monoisotopic (exact) mass is 161 g/mol. The van der Waals surface area contributed by atoms with Gasteiger partial charge in [-0.15, -0.1) is 0 Å². The molecule has 1 aromatic carbocycles. The molecule has 12 heavy (non-hydrogen) atoms. The summed E-state index contributed by atoms with van der Waals surface area (Å²) in [6.45, 7) is 6.18. The number of rotatable bonds is 2. The van der Waals surface area contributed by atoms with Gasteiger partial charge < -0.3 is 0 Å². The van der Waals surface area contributed by atoms with Gasteiger partial charge in [-0.1, -0.05) is 30.3 Å². The quantitative estimate of drug-likeness (QED) is 0.591. The standard InChI is InChI=1S/C11H15N/c1-4-12-11(2,3)10-8-6-5-7-9-10/h4-9H,1-3H3. The summed E-state index contributed by atoms with van der Waals surface area (Å²) >= 11 is 0. The van der Waals surface area contributed by atoms with Crippen molar-refractivity contribution in [2.75, 3.05) is 0 Å². The number of hydrogen-bond acceptors (Lipinski definition) is 1. The molecule has 0 unspecified atom stereocenters. The molecule has 1 rings (SSSR count). The van der Waals surface area contributed by atoms with Crippen LogP contribution in [0.2, 0.25) is 0 Å². The predicted octanol–water partition coefficient (Wildman–Crippen LogP) is 3.01. The van der Waals surface area contributed by atoms with Crippen LogP contribution in [0.1, 0.15) is 26.3 Å². The number of hydrogen-bond donors (Lipinski definition) is 0. The predicted molar refractivity (Wildman–Crippen MR) is 53.6 cm³/mol. The second-order valence-electron chi connectivity index (χ2n) is 3.31. The van der Waals surface area contributed by atoms with Gasteiger partial charge in [-0.05, 0) is 32.5 Å². The zero-order valence-corrected chi connectivity index (χ0v) is 7.91. The molecule has 0 heterocycles. The molecule has 0 aliphatic rings. The summed E-state index contributed by atoms with van der Waals surface area (Å²) in [5, 5.41) is 0. The first-order valence-corrected chi connectivity index (χ1v) is 4.22. The highest BCUT2D eigenvalue weighted by atomic mass is 14.8. The smallest absolute Gasteiger partial charge is 0.0796 e. The van der Waals surface area contributed by atoms with Crippen molar-refractivity contribution >= 4 is 6.21 Å². The first kappa shape index (κ1) is 8.98. The lowest BCUT2D eigenvalue weighted by Gasteiger charge is -2.19. The van der Waals surface area contributed by atoms with Crippen molar-refractivity contribution < 1.29 is 0 Å². The van der Waals surface area contributed by atoms with Crippen molar-refractivity contribution in [2.45, 2.75) is 26.3 Å². The first-order valence-electron chi connectivity index (χ1n) is 4.22. The van der Waals surface area contributed by atoms with E-state index in [1.807, 2.05) is 31.3 Å². The van der Waals surface area contributed by atoms with Gasteiger partial charge in [-0.3, -0.25) is 4.99 Å². The third kappa shape index (κ3) is 1.94. The summed E-state index contributed by atoms with van der Waals surface area (Å²) in [7, 11) is 0. The Hall–Kier alpha value is -1.11.